The van der Waals surface area contributed by atoms with Crippen LogP contribution in [0.3, 0.4) is 0 Å². The lowest BCUT2D eigenvalue weighted by Crippen LogP contribution is -2.44. The fourth-order valence-corrected chi connectivity index (χ4v) is 1.88. The Hall–Kier alpha value is -1.96. The number of benzene rings is 1. The predicted molar refractivity (Wildman–Crippen MR) is 81.3 cm³/mol. The number of nitrogens with one attached hydrogen (secondary N) is 1. The summed E-state index contributed by atoms with van der Waals surface area (Å²) in [5.74, 6) is 0.638. The third-order valence-electron chi connectivity index (χ3n) is 2.89. The molecule has 7 nitrogen and oxygen atoms in total. The Balaban J connectivity index is 1.85. The highest BCUT2D eigenvalue weighted by molar-refractivity contribution is 6.30. The molecule has 0 aliphatic heterocycles. The van der Waals surface area contributed by atoms with Crippen molar-refractivity contribution in [2.45, 2.75) is 12.5 Å². The van der Waals surface area contributed by atoms with Crippen molar-refractivity contribution in [3.05, 3.63) is 35.2 Å². The van der Waals surface area contributed by atoms with Crippen LogP contribution in [-0.2, 0) is 16.0 Å². The van der Waals surface area contributed by atoms with Crippen LogP contribution in [0.15, 0.2) is 28.8 Å². The van der Waals surface area contributed by atoms with E-state index in [1.807, 2.05) is 12.1 Å². The molecule has 3 N–H and O–H groups in total. The summed E-state index contributed by atoms with van der Waals surface area (Å²) in [6.45, 7) is 0.533. The number of rotatable bonds is 7. The molecule has 0 spiro atoms. The number of hydrogen-bond acceptors (Lipinski definition) is 6. The molecule has 22 heavy (non-hydrogen) atoms. The van der Waals surface area contributed by atoms with Crippen molar-refractivity contribution in [1.29, 1.82) is 0 Å². The van der Waals surface area contributed by atoms with Crippen LogP contribution >= 0.6 is 11.6 Å². The molecule has 1 unspecified atom stereocenters. The van der Waals surface area contributed by atoms with Crippen molar-refractivity contribution in [2.24, 2.45) is 5.73 Å². The van der Waals surface area contributed by atoms with Crippen LogP contribution in [0.1, 0.15) is 5.89 Å². The Bertz CT molecular complexity index is 615. The average Bonchev–Trinajstić information content (AvgIpc) is 2.97. The van der Waals surface area contributed by atoms with E-state index in [0.29, 0.717) is 29.7 Å². The molecule has 0 aliphatic rings. The van der Waals surface area contributed by atoms with E-state index in [1.165, 1.54) is 7.11 Å². The van der Waals surface area contributed by atoms with Gasteiger partial charge in [-0.1, -0.05) is 16.8 Å². The first-order valence-corrected chi connectivity index (χ1v) is 7.08. The Morgan fingerprint density at radius 2 is 2.18 bits per heavy atom. The topological polar surface area (TPSA) is 103 Å². The van der Waals surface area contributed by atoms with Gasteiger partial charge in [-0.25, -0.2) is 0 Å². The van der Waals surface area contributed by atoms with Gasteiger partial charge in [0, 0.05) is 30.7 Å². The molecule has 0 saturated carbocycles. The van der Waals surface area contributed by atoms with E-state index in [1.54, 1.807) is 12.1 Å². The van der Waals surface area contributed by atoms with Crippen LogP contribution in [0.2, 0.25) is 5.02 Å². The van der Waals surface area contributed by atoms with Gasteiger partial charge in [0.25, 0.3) is 0 Å². The van der Waals surface area contributed by atoms with Gasteiger partial charge < -0.3 is 20.3 Å². The monoisotopic (exact) mass is 324 g/mol. The first-order valence-electron chi connectivity index (χ1n) is 6.71. The zero-order chi connectivity index (χ0) is 15.9. The molecule has 1 aromatic carbocycles. The molecule has 1 heterocycles. The highest BCUT2D eigenvalue weighted by Crippen LogP contribution is 2.18. The summed E-state index contributed by atoms with van der Waals surface area (Å²) < 4.78 is 9.95. The minimum absolute atomic E-state index is 0.174. The maximum Gasteiger partial charge on any atom is 0.239 e. The summed E-state index contributed by atoms with van der Waals surface area (Å²) in [4.78, 5) is 15.8. The third-order valence-corrected chi connectivity index (χ3v) is 3.14. The zero-order valence-corrected chi connectivity index (χ0v) is 12.8. The van der Waals surface area contributed by atoms with Crippen molar-refractivity contribution in [3.8, 4) is 11.4 Å². The molecule has 1 atom stereocenters. The van der Waals surface area contributed by atoms with Crippen molar-refractivity contribution in [3.63, 3.8) is 0 Å². The molecule has 0 bridgehead atoms. The van der Waals surface area contributed by atoms with Crippen molar-refractivity contribution >= 4 is 17.5 Å². The summed E-state index contributed by atoms with van der Waals surface area (Å²) in [5, 5.41) is 7.22. The van der Waals surface area contributed by atoms with Crippen molar-refractivity contribution in [2.75, 3.05) is 20.3 Å². The van der Waals surface area contributed by atoms with E-state index in [2.05, 4.69) is 15.5 Å². The first kappa shape index (κ1) is 16.4. The van der Waals surface area contributed by atoms with Gasteiger partial charge in [0.15, 0.2) is 0 Å². The normalized spacial score (nSPS) is 12.1. The Labute approximate surface area is 132 Å². The number of hydrogen-bond donors (Lipinski definition) is 2. The lowest BCUT2D eigenvalue weighted by atomic mass is 10.2. The second-order valence-corrected chi connectivity index (χ2v) is 5.06. The van der Waals surface area contributed by atoms with Gasteiger partial charge in [0.2, 0.25) is 17.6 Å². The summed E-state index contributed by atoms with van der Waals surface area (Å²) in [5.41, 5.74) is 6.41. The molecule has 0 fully saturated rings. The Kier molecular flexibility index (Phi) is 5.88. The molecule has 0 saturated heterocycles. The number of carbonyl (C=O) groups excluding carboxylic acids is 1. The molecule has 0 radical (unpaired) electrons. The molecule has 0 aliphatic carbocycles. The van der Waals surface area contributed by atoms with Crippen LogP contribution in [-0.4, -0.2) is 42.4 Å². The van der Waals surface area contributed by atoms with Gasteiger partial charge in [-0.05, 0) is 24.3 Å². The minimum Gasteiger partial charge on any atom is -0.383 e. The summed E-state index contributed by atoms with van der Waals surface area (Å²) >= 11 is 5.83. The Morgan fingerprint density at radius 1 is 1.45 bits per heavy atom. The number of ether oxygens (including phenoxy) is 1. The zero-order valence-electron chi connectivity index (χ0n) is 12.1. The SMILES string of the molecule is COCC(N)C(=O)NCCc1nc(-c2ccc(Cl)cc2)no1. The lowest BCUT2D eigenvalue weighted by molar-refractivity contribution is -0.123. The maximum absolute atomic E-state index is 11.6. The molecule has 8 heteroatoms. The first-order chi connectivity index (χ1) is 10.6. The maximum atomic E-state index is 11.6. The highest BCUT2D eigenvalue weighted by Gasteiger charge is 2.13. The summed E-state index contributed by atoms with van der Waals surface area (Å²) in [6.07, 6.45) is 0.423. The fraction of sp³-hybridized carbons (Fsp3) is 0.357. The molecule has 1 amide bonds. The molecule has 118 valence electrons. The van der Waals surface area contributed by atoms with E-state index in [-0.39, 0.29) is 12.5 Å². The molecule has 2 rings (SSSR count). The van der Waals surface area contributed by atoms with Crippen LogP contribution in [0, 0.1) is 0 Å². The van der Waals surface area contributed by atoms with Gasteiger partial charge >= 0.3 is 0 Å². The van der Waals surface area contributed by atoms with Gasteiger partial charge in [-0.2, -0.15) is 4.98 Å². The van der Waals surface area contributed by atoms with Gasteiger partial charge in [0.1, 0.15) is 6.04 Å². The quantitative estimate of drug-likeness (QED) is 0.788. The van der Waals surface area contributed by atoms with E-state index < -0.39 is 6.04 Å². The highest BCUT2D eigenvalue weighted by atomic mass is 35.5. The number of methoxy groups -OCH3 is 1. The Morgan fingerprint density at radius 3 is 2.86 bits per heavy atom. The van der Waals surface area contributed by atoms with Crippen LogP contribution in [0.25, 0.3) is 11.4 Å². The summed E-state index contributed by atoms with van der Waals surface area (Å²) in [6, 6.07) is 6.44. The van der Waals surface area contributed by atoms with Crippen LogP contribution in [0.5, 0.6) is 0 Å². The van der Waals surface area contributed by atoms with E-state index in [0.717, 1.165) is 5.56 Å². The van der Waals surface area contributed by atoms with Gasteiger partial charge in [-0.15, -0.1) is 0 Å². The average molecular weight is 325 g/mol. The molecule has 2 aromatic rings. The molecule has 1 aromatic heterocycles. The number of nitrogens with zero attached hydrogens (tertiary/aromatic N) is 2. The van der Waals surface area contributed by atoms with E-state index >= 15 is 0 Å². The number of amides is 1. The second-order valence-electron chi connectivity index (χ2n) is 4.62. The predicted octanol–water partition coefficient (Wildman–Crippen LogP) is 1.02. The van der Waals surface area contributed by atoms with Gasteiger partial charge in [0.05, 0.1) is 6.61 Å². The van der Waals surface area contributed by atoms with Gasteiger partial charge in [-0.3, -0.25) is 4.79 Å². The van der Waals surface area contributed by atoms with Crippen LogP contribution < -0.4 is 11.1 Å². The fourth-order valence-electron chi connectivity index (χ4n) is 1.75. The smallest absolute Gasteiger partial charge is 0.239 e. The summed E-state index contributed by atoms with van der Waals surface area (Å²) in [7, 11) is 1.49. The minimum atomic E-state index is -0.683. The molecular weight excluding hydrogens is 308 g/mol. The standard InChI is InChI=1S/C14H17ClN4O3/c1-21-8-11(16)14(20)17-7-6-12-18-13(19-22-12)9-2-4-10(15)5-3-9/h2-5,11H,6-8,16H2,1H3,(H,17,20). The lowest BCUT2D eigenvalue weighted by Gasteiger charge is -2.09. The van der Waals surface area contributed by atoms with Crippen LogP contribution in [0.4, 0.5) is 0 Å². The number of halogens is 1. The van der Waals surface area contributed by atoms with E-state index in [4.69, 9.17) is 26.6 Å². The molecular formula is C14H17ClN4O3. The van der Waals surface area contributed by atoms with E-state index in [9.17, 15) is 4.79 Å². The number of aromatic nitrogens is 2. The number of nitrogens with two attached hydrogens (primary N) is 1. The number of carbonyl (C=O) groups is 1. The van der Waals surface area contributed by atoms with Crippen molar-refractivity contribution < 1.29 is 14.1 Å². The third kappa shape index (κ3) is 4.52. The van der Waals surface area contributed by atoms with Crippen molar-refractivity contribution in [1.82, 2.24) is 15.5 Å². The second kappa shape index (κ2) is 7.88. The largest absolute Gasteiger partial charge is 0.383 e.